The molecule has 1 amide bonds. The predicted molar refractivity (Wildman–Crippen MR) is 115 cm³/mol. The van der Waals surface area contributed by atoms with Crippen LogP contribution in [-0.4, -0.2) is 56.9 Å². The molecule has 3 aromatic rings. The summed E-state index contributed by atoms with van der Waals surface area (Å²) in [6, 6.07) is 11.3. The Labute approximate surface area is 178 Å². The Morgan fingerprint density at radius 1 is 1.17 bits per heavy atom. The number of hydrogen-bond donors (Lipinski definition) is 1. The predicted octanol–water partition coefficient (Wildman–Crippen LogP) is 2.37. The molecule has 1 N–H and O–H groups in total. The Hall–Kier alpha value is -2.56. The number of rotatable bonds is 5. The molecule has 1 saturated heterocycles. The molecule has 0 bridgehead atoms. The van der Waals surface area contributed by atoms with Crippen molar-refractivity contribution in [2.45, 2.75) is 11.8 Å². The van der Waals surface area contributed by atoms with Gasteiger partial charge in [-0.25, -0.2) is 22.5 Å². The zero-order valence-corrected chi connectivity index (χ0v) is 18.0. The summed E-state index contributed by atoms with van der Waals surface area (Å²) in [5, 5.41) is 0.859. The van der Waals surface area contributed by atoms with Gasteiger partial charge in [-0.1, -0.05) is 12.1 Å². The van der Waals surface area contributed by atoms with Gasteiger partial charge in [0.05, 0.1) is 32.4 Å². The van der Waals surface area contributed by atoms with Gasteiger partial charge in [0, 0.05) is 26.2 Å². The first kappa shape index (κ1) is 20.7. The Bertz CT molecular complexity index is 1190. The second-order valence-electron chi connectivity index (χ2n) is 7.01. The summed E-state index contributed by atoms with van der Waals surface area (Å²) in [6.07, 6.45) is 0. The van der Waals surface area contributed by atoms with Crippen LogP contribution in [0.3, 0.4) is 0 Å². The van der Waals surface area contributed by atoms with Crippen LogP contribution < -0.4 is 9.62 Å². The van der Waals surface area contributed by atoms with E-state index in [9.17, 15) is 17.6 Å². The van der Waals surface area contributed by atoms with Gasteiger partial charge in [-0.3, -0.25) is 4.79 Å². The minimum atomic E-state index is -3.81. The number of carbonyl (C=O) groups is 1. The highest BCUT2D eigenvalue weighted by Crippen LogP contribution is 2.24. The lowest BCUT2D eigenvalue weighted by Crippen LogP contribution is -2.51. The van der Waals surface area contributed by atoms with Crippen molar-refractivity contribution in [3.05, 3.63) is 53.3 Å². The number of benzene rings is 2. The largest absolute Gasteiger partial charge is 0.366 e. The lowest BCUT2D eigenvalue weighted by atomic mass is 10.2. The molecule has 10 heteroatoms. The zero-order chi connectivity index (χ0) is 21.3. The number of para-hydroxylation sites is 1. The van der Waals surface area contributed by atoms with E-state index in [4.69, 9.17) is 0 Å². The standard InChI is InChI=1S/C20H21FN4O3S2/c1-14-23-17-7-6-15(12-19(17)29-14)30(27,28)22-13-20(26)25-10-8-24(9-11-25)18-5-3-2-4-16(18)21/h2-7,12,22H,8-11,13H2,1H3. The van der Waals surface area contributed by atoms with Crippen molar-refractivity contribution in [3.63, 3.8) is 0 Å². The second-order valence-corrected chi connectivity index (χ2v) is 10.0. The first-order valence-electron chi connectivity index (χ1n) is 9.47. The van der Waals surface area contributed by atoms with E-state index in [0.717, 1.165) is 15.2 Å². The molecule has 0 unspecified atom stereocenters. The summed E-state index contributed by atoms with van der Waals surface area (Å²) in [6.45, 7) is 3.33. The van der Waals surface area contributed by atoms with E-state index in [0.29, 0.717) is 31.9 Å². The Kier molecular flexibility index (Phi) is 5.72. The number of aromatic nitrogens is 1. The van der Waals surface area contributed by atoms with Crippen molar-refractivity contribution in [1.82, 2.24) is 14.6 Å². The molecule has 4 rings (SSSR count). The summed E-state index contributed by atoms with van der Waals surface area (Å²) in [7, 11) is -3.81. The molecule has 30 heavy (non-hydrogen) atoms. The molecule has 1 aliphatic rings. The van der Waals surface area contributed by atoms with Crippen molar-refractivity contribution in [1.29, 1.82) is 0 Å². The maximum atomic E-state index is 13.9. The van der Waals surface area contributed by atoms with E-state index in [1.807, 2.05) is 11.8 Å². The van der Waals surface area contributed by atoms with E-state index in [1.54, 1.807) is 35.2 Å². The molecule has 1 fully saturated rings. The van der Waals surface area contributed by atoms with Crippen molar-refractivity contribution in [2.24, 2.45) is 0 Å². The van der Waals surface area contributed by atoms with Gasteiger partial charge >= 0.3 is 0 Å². The molecule has 7 nitrogen and oxygen atoms in total. The van der Waals surface area contributed by atoms with Gasteiger partial charge in [-0.05, 0) is 37.3 Å². The average Bonchev–Trinajstić information content (AvgIpc) is 3.12. The highest BCUT2D eigenvalue weighted by molar-refractivity contribution is 7.89. The lowest BCUT2D eigenvalue weighted by Gasteiger charge is -2.36. The van der Waals surface area contributed by atoms with Gasteiger partial charge in [0.1, 0.15) is 5.82 Å². The second kappa shape index (κ2) is 8.29. The molecule has 0 saturated carbocycles. The summed E-state index contributed by atoms with van der Waals surface area (Å²) >= 11 is 1.42. The van der Waals surface area contributed by atoms with Crippen molar-refractivity contribution in [3.8, 4) is 0 Å². The number of carbonyl (C=O) groups excluding carboxylic acids is 1. The first-order chi connectivity index (χ1) is 14.3. The summed E-state index contributed by atoms with van der Waals surface area (Å²) in [5.41, 5.74) is 1.26. The third-order valence-electron chi connectivity index (χ3n) is 5.02. The third-order valence-corrected chi connectivity index (χ3v) is 7.35. The molecular weight excluding hydrogens is 427 g/mol. The number of halogens is 1. The highest BCUT2D eigenvalue weighted by Gasteiger charge is 2.24. The van der Waals surface area contributed by atoms with Crippen LogP contribution in [0.1, 0.15) is 5.01 Å². The lowest BCUT2D eigenvalue weighted by molar-refractivity contribution is -0.130. The molecule has 1 aliphatic heterocycles. The van der Waals surface area contributed by atoms with Gasteiger partial charge in [0.15, 0.2) is 0 Å². The fraction of sp³-hybridized carbons (Fsp3) is 0.300. The Morgan fingerprint density at radius 3 is 2.63 bits per heavy atom. The van der Waals surface area contributed by atoms with Crippen LogP contribution in [-0.2, 0) is 14.8 Å². The average molecular weight is 449 g/mol. The van der Waals surface area contributed by atoms with Gasteiger partial charge in [0.25, 0.3) is 0 Å². The number of sulfonamides is 1. The minimum absolute atomic E-state index is 0.107. The van der Waals surface area contributed by atoms with Crippen LogP contribution in [0.2, 0.25) is 0 Å². The van der Waals surface area contributed by atoms with Crippen molar-refractivity contribution < 1.29 is 17.6 Å². The van der Waals surface area contributed by atoms with E-state index < -0.39 is 10.0 Å². The number of aryl methyl sites for hydroxylation is 1. The van der Waals surface area contributed by atoms with Gasteiger partial charge < -0.3 is 9.80 Å². The number of thiazole rings is 1. The summed E-state index contributed by atoms with van der Waals surface area (Å²) in [4.78, 5) is 20.4. The molecule has 1 aromatic heterocycles. The number of anilines is 1. The van der Waals surface area contributed by atoms with Gasteiger partial charge in [-0.2, -0.15) is 0 Å². The Balaban J connectivity index is 1.35. The summed E-state index contributed by atoms with van der Waals surface area (Å²) < 4.78 is 42.3. The van der Waals surface area contributed by atoms with Crippen LogP contribution in [0.5, 0.6) is 0 Å². The highest BCUT2D eigenvalue weighted by atomic mass is 32.2. The quantitative estimate of drug-likeness (QED) is 0.648. The van der Waals surface area contributed by atoms with Crippen LogP contribution in [0.25, 0.3) is 10.2 Å². The van der Waals surface area contributed by atoms with Crippen molar-refractivity contribution >= 4 is 43.2 Å². The Morgan fingerprint density at radius 2 is 1.90 bits per heavy atom. The number of amides is 1. The molecule has 0 radical (unpaired) electrons. The van der Waals surface area contributed by atoms with Crippen LogP contribution in [0.4, 0.5) is 10.1 Å². The fourth-order valence-corrected chi connectivity index (χ4v) is 5.39. The molecular formula is C20H21FN4O3S2. The third kappa shape index (κ3) is 4.30. The van der Waals surface area contributed by atoms with Crippen LogP contribution in [0.15, 0.2) is 47.4 Å². The number of piperazine rings is 1. The number of nitrogens with one attached hydrogen (secondary N) is 1. The maximum absolute atomic E-state index is 13.9. The molecule has 158 valence electrons. The van der Waals surface area contributed by atoms with E-state index in [-0.39, 0.29) is 23.2 Å². The van der Waals surface area contributed by atoms with E-state index in [1.165, 1.54) is 23.5 Å². The van der Waals surface area contributed by atoms with Gasteiger partial charge in [-0.15, -0.1) is 11.3 Å². The fourth-order valence-electron chi connectivity index (χ4n) is 3.44. The van der Waals surface area contributed by atoms with Crippen molar-refractivity contribution in [2.75, 3.05) is 37.6 Å². The summed E-state index contributed by atoms with van der Waals surface area (Å²) in [5.74, 6) is -0.598. The molecule has 0 atom stereocenters. The SMILES string of the molecule is Cc1nc2ccc(S(=O)(=O)NCC(=O)N3CCN(c4ccccc4F)CC3)cc2s1. The molecule has 2 aromatic carbocycles. The van der Waals surface area contributed by atoms with Crippen LogP contribution >= 0.6 is 11.3 Å². The molecule has 0 spiro atoms. The van der Waals surface area contributed by atoms with Gasteiger partial charge in [0.2, 0.25) is 15.9 Å². The monoisotopic (exact) mass is 448 g/mol. The number of nitrogens with zero attached hydrogens (tertiary/aromatic N) is 3. The zero-order valence-electron chi connectivity index (χ0n) is 16.3. The number of fused-ring (bicyclic) bond motifs is 1. The van der Waals surface area contributed by atoms with E-state index >= 15 is 0 Å². The van der Waals surface area contributed by atoms with E-state index in [2.05, 4.69) is 9.71 Å². The molecule has 0 aliphatic carbocycles. The topological polar surface area (TPSA) is 82.6 Å². The minimum Gasteiger partial charge on any atom is -0.366 e. The molecule has 2 heterocycles. The maximum Gasteiger partial charge on any atom is 0.241 e. The number of hydrogen-bond acceptors (Lipinski definition) is 6. The van der Waals surface area contributed by atoms with Crippen LogP contribution in [0, 0.1) is 12.7 Å². The first-order valence-corrected chi connectivity index (χ1v) is 11.8. The normalized spacial score (nSPS) is 15.0. The smallest absolute Gasteiger partial charge is 0.241 e.